The fourth-order valence-corrected chi connectivity index (χ4v) is 3.63. The van der Waals surface area contributed by atoms with Crippen molar-refractivity contribution in [2.24, 2.45) is 0 Å². The summed E-state index contributed by atoms with van der Waals surface area (Å²) < 4.78 is 27.5. The summed E-state index contributed by atoms with van der Waals surface area (Å²) in [4.78, 5) is 2.61. The van der Waals surface area contributed by atoms with Gasteiger partial charge in [-0.1, -0.05) is 26.0 Å². The van der Waals surface area contributed by atoms with E-state index in [1.54, 1.807) is 12.1 Å². The maximum absolute atomic E-state index is 12.4. The lowest BCUT2D eigenvalue weighted by atomic mass is 9.99. The minimum Gasteiger partial charge on any atom is -0.299 e. The average Bonchev–Trinajstić information content (AvgIpc) is 3.36. The predicted molar refractivity (Wildman–Crippen MR) is 90.6 cm³/mol. The molecule has 124 valence electrons. The standard InChI is InChI=1S/C17H28N2O2S/c1-5-13(2)15-6-10-17(11-7-15)22(20,21)18-12-14(3)19(4)16-8-9-16/h6-7,10-11,13-14,16,18H,5,8-9,12H2,1-4H3. The summed E-state index contributed by atoms with van der Waals surface area (Å²) >= 11 is 0. The summed E-state index contributed by atoms with van der Waals surface area (Å²) in [5.74, 6) is 0.455. The molecule has 0 aliphatic heterocycles. The lowest BCUT2D eigenvalue weighted by Crippen LogP contribution is -2.41. The number of nitrogens with zero attached hydrogens (tertiary/aromatic N) is 1. The van der Waals surface area contributed by atoms with Gasteiger partial charge in [-0.25, -0.2) is 13.1 Å². The van der Waals surface area contributed by atoms with Crippen molar-refractivity contribution < 1.29 is 8.42 Å². The molecule has 2 unspecified atom stereocenters. The first-order valence-corrected chi connectivity index (χ1v) is 9.65. The molecule has 22 heavy (non-hydrogen) atoms. The Kier molecular flexibility index (Phi) is 5.64. The molecule has 2 rings (SSSR count). The van der Waals surface area contributed by atoms with Crippen LogP contribution in [0.3, 0.4) is 0 Å². The Bertz CT molecular complexity index is 579. The Labute approximate surface area is 135 Å². The van der Waals surface area contributed by atoms with Crippen LogP contribution in [0.2, 0.25) is 0 Å². The summed E-state index contributed by atoms with van der Waals surface area (Å²) in [5.41, 5.74) is 1.18. The zero-order valence-corrected chi connectivity index (χ0v) is 14.9. The summed E-state index contributed by atoms with van der Waals surface area (Å²) in [6.07, 6.45) is 3.50. The molecule has 0 radical (unpaired) electrons. The van der Waals surface area contributed by atoms with E-state index in [2.05, 4.69) is 37.4 Å². The molecule has 2 atom stereocenters. The summed E-state index contributed by atoms with van der Waals surface area (Å²) in [6, 6.07) is 8.10. The van der Waals surface area contributed by atoms with Crippen molar-refractivity contribution in [1.29, 1.82) is 0 Å². The van der Waals surface area contributed by atoms with Gasteiger partial charge in [0.25, 0.3) is 0 Å². The smallest absolute Gasteiger partial charge is 0.240 e. The molecule has 0 amide bonds. The van der Waals surface area contributed by atoms with Gasteiger partial charge in [0.2, 0.25) is 10.0 Å². The normalized spacial score (nSPS) is 18.4. The number of benzene rings is 1. The molecule has 1 N–H and O–H groups in total. The van der Waals surface area contributed by atoms with E-state index in [-0.39, 0.29) is 6.04 Å². The fraction of sp³-hybridized carbons (Fsp3) is 0.647. The molecule has 1 aliphatic rings. The lowest BCUT2D eigenvalue weighted by Gasteiger charge is -2.24. The minimum absolute atomic E-state index is 0.210. The Hall–Kier alpha value is -0.910. The molecule has 5 heteroatoms. The summed E-state index contributed by atoms with van der Waals surface area (Å²) in [6.45, 7) is 6.79. The van der Waals surface area contributed by atoms with Crippen LogP contribution in [0.25, 0.3) is 0 Å². The van der Waals surface area contributed by atoms with E-state index in [0.717, 1.165) is 6.42 Å². The zero-order valence-electron chi connectivity index (χ0n) is 14.0. The molecule has 1 aromatic carbocycles. The molecular weight excluding hydrogens is 296 g/mol. The monoisotopic (exact) mass is 324 g/mol. The average molecular weight is 324 g/mol. The van der Waals surface area contributed by atoms with Crippen molar-refractivity contribution >= 4 is 10.0 Å². The van der Waals surface area contributed by atoms with Crippen LogP contribution >= 0.6 is 0 Å². The number of hydrogen-bond donors (Lipinski definition) is 1. The molecule has 1 saturated carbocycles. The summed E-state index contributed by atoms with van der Waals surface area (Å²) in [7, 11) is -1.35. The van der Waals surface area contributed by atoms with Crippen LogP contribution in [0, 0.1) is 0 Å². The largest absolute Gasteiger partial charge is 0.299 e. The third-order valence-electron chi connectivity index (χ3n) is 4.76. The van der Waals surface area contributed by atoms with Crippen LogP contribution in [0.1, 0.15) is 51.5 Å². The van der Waals surface area contributed by atoms with E-state index in [9.17, 15) is 8.42 Å². The van der Waals surface area contributed by atoms with Gasteiger partial charge in [-0.05, 0) is 56.8 Å². The Morgan fingerprint density at radius 1 is 1.23 bits per heavy atom. The third-order valence-corrected chi connectivity index (χ3v) is 6.20. The molecule has 1 fully saturated rings. The van der Waals surface area contributed by atoms with E-state index < -0.39 is 10.0 Å². The molecule has 0 heterocycles. The maximum atomic E-state index is 12.4. The van der Waals surface area contributed by atoms with Crippen molar-refractivity contribution in [2.45, 2.75) is 62.9 Å². The molecular formula is C17H28N2O2S. The fourth-order valence-electron chi connectivity index (χ4n) is 2.51. The second kappa shape index (κ2) is 7.11. The first-order valence-electron chi connectivity index (χ1n) is 8.16. The van der Waals surface area contributed by atoms with E-state index in [1.165, 1.54) is 18.4 Å². The van der Waals surface area contributed by atoms with Gasteiger partial charge >= 0.3 is 0 Å². The topological polar surface area (TPSA) is 49.4 Å². The highest BCUT2D eigenvalue weighted by Crippen LogP contribution is 2.27. The van der Waals surface area contributed by atoms with Crippen molar-refractivity contribution in [1.82, 2.24) is 9.62 Å². The van der Waals surface area contributed by atoms with Gasteiger partial charge in [0.15, 0.2) is 0 Å². The van der Waals surface area contributed by atoms with Crippen LogP contribution in [0.5, 0.6) is 0 Å². The molecule has 4 nitrogen and oxygen atoms in total. The minimum atomic E-state index is -3.42. The van der Waals surface area contributed by atoms with Gasteiger partial charge in [0.05, 0.1) is 4.90 Å². The van der Waals surface area contributed by atoms with Crippen LogP contribution in [-0.2, 0) is 10.0 Å². The lowest BCUT2D eigenvalue weighted by molar-refractivity contribution is 0.248. The second-order valence-electron chi connectivity index (χ2n) is 6.48. The maximum Gasteiger partial charge on any atom is 0.240 e. The molecule has 0 aromatic heterocycles. The first-order chi connectivity index (χ1) is 10.3. The van der Waals surface area contributed by atoms with E-state index in [4.69, 9.17) is 0 Å². The van der Waals surface area contributed by atoms with Gasteiger partial charge in [-0.15, -0.1) is 0 Å². The quantitative estimate of drug-likeness (QED) is 0.800. The van der Waals surface area contributed by atoms with Gasteiger partial charge < -0.3 is 0 Å². The highest BCUT2D eigenvalue weighted by molar-refractivity contribution is 7.89. The number of hydrogen-bond acceptors (Lipinski definition) is 3. The van der Waals surface area contributed by atoms with Crippen LogP contribution in [0.4, 0.5) is 0 Å². The number of rotatable bonds is 8. The van der Waals surface area contributed by atoms with Gasteiger partial charge in [-0.3, -0.25) is 4.90 Å². The van der Waals surface area contributed by atoms with Crippen LogP contribution < -0.4 is 4.72 Å². The molecule has 0 spiro atoms. The van der Waals surface area contributed by atoms with Gasteiger partial charge in [0, 0.05) is 18.6 Å². The van der Waals surface area contributed by atoms with Gasteiger partial charge in [0.1, 0.15) is 0 Å². The predicted octanol–water partition coefficient (Wildman–Crippen LogP) is 2.96. The zero-order chi connectivity index (χ0) is 16.3. The number of likely N-dealkylation sites (N-methyl/N-ethyl adjacent to an activating group) is 1. The van der Waals surface area contributed by atoms with Crippen molar-refractivity contribution in [2.75, 3.05) is 13.6 Å². The SMILES string of the molecule is CCC(C)c1ccc(S(=O)(=O)NCC(C)N(C)C2CC2)cc1. The van der Waals surface area contributed by atoms with E-state index in [1.807, 2.05) is 12.1 Å². The van der Waals surface area contributed by atoms with E-state index in [0.29, 0.717) is 23.4 Å². The Morgan fingerprint density at radius 3 is 2.32 bits per heavy atom. The van der Waals surface area contributed by atoms with Crippen molar-refractivity contribution in [3.05, 3.63) is 29.8 Å². The first kappa shape index (κ1) is 17.4. The van der Waals surface area contributed by atoms with E-state index >= 15 is 0 Å². The van der Waals surface area contributed by atoms with Crippen LogP contribution in [0.15, 0.2) is 29.2 Å². The Morgan fingerprint density at radius 2 is 1.82 bits per heavy atom. The second-order valence-corrected chi connectivity index (χ2v) is 8.24. The number of sulfonamides is 1. The molecule has 1 aliphatic carbocycles. The van der Waals surface area contributed by atoms with Crippen molar-refractivity contribution in [3.63, 3.8) is 0 Å². The molecule has 0 bridgehead atoms. The van der Waals surface area contributed by atoms with Gasteiger partial charge in [-0.2, -0.15) is 0 Å². The molecule has 1 aromatic rings. The molecule has 0 saturated heterocycles. The Balaban J connectivity index is 1.97. The number of nitrogens with one attached hydrogen (secondary N) is 1. The van der Waals surface area contributed by atoms with Crippen LogP contribution in [-0.4, -0.2) is 39.0 Å². The summed E-state index contributed by atoms with van der Waals surface area (Å²) in [5, 5.41) is 0. The van der Waals surface area contributed by atoms with Crippen molar-refractivity contribution in [3.8, 4) is 0 Å². The highest BCUT2D eigenvalue weighted by atomic mass is 32.2. The third kappa shape index (κ3) is 4.31. The highest BCUT2D eigenvalue weighted by Gasteiger charge is 2.29.